The number of piperidine rings is 1. The molecule has 1 saturated carbocycles. The molecule has 3 fully saturated rings. The second kappa shape index (κ2) is 21.6. The fourth-order valence-electron chi connectivity index (χ4n) is 4.64. The van der Waals surface area contributed by atoms with Crippen molar-refractivity contribution in [2.24, 2.45) is 11.7 Å². The molecule has 12 heteroatoms. The van der Waals surface area contributed by atoms with Gasteiger partial charge in [-0.05, 0) is 57.8 Å². The lowest BCUT2D eigenvalue weighted by Gasteiger charge is -2.23. The van der Waals surface area contributed by atoms with Crippen molar-refractivity contribution in [2.45, 2.75) is 97.2 Å². The molecule has 3 atom stereocenters. The van der Waals surface area contributed by atoms with Crippen molar-refractivity contribution in [3.05, 3.63) is 47.7 Å². The fraction of sp³-hybridized carbons (Fsp3) is 0.571. The monoisotopic (exact) mass is 670 g/mol. The third kappa shape index (κ3) is 12.1. The maximum absolute atomic E-state index is 14.3. The number of amides is 1. The second-order valence-corrected chi connectivity index (χ2v) is 11.5. The van der Waals surface area contributed by atoms with Gasteiger partial charge >= 0.3 is 0 Å². The van der Waals surface area contributed by atoms with Crippen LogP contribution in [0, 0.1) is 17.8 Å². The number of aromatic nitrogens is 2. The molecule has 0 aromatic carbocycles. The van der Waals surface area contributed by atoms with Gasteiger partial charge in [-0.1, -0.05) is 65.1 Å². The minimum Gasteiger partial charge on any atom is -0.494 e. The molecule has 2 saturated heterocycles. The molecule has 10 nitrogen and oxygen atoms in total. The van der Waals surface area contributed by atoms with E-state index >= 15 is 0 Å². The Morgan fingerprint density at radius 2 is 1.77 bits per heavy atom. The van der Waals surface area contributed by atoms with Gasteiger partial charge < -0.3 is 26.4 Å². The molecule has 0 radical (unpaired) electrons. The van der Waals surface area contributed by atoms with E-state index in [9.17, 15) is 9.18 Å². The number of carbonyl (C=O) groups excluding carboxylic acids is 1. The van der Waals surface area contributed by atoms with E-state index in [2.05, 4.69) is 48.6 Å². The molecule has 0 bridgehead atoms. The molecule has 3 unspecified atom stereocenters. The van der Waals surface area contributed by atoms with Gasteiger partial charge in [0.1, 0.15) is 22.8 Å². The number of hydrogen-bond acceptors (Lipinski definition) is 10. The lowest BCUT2D eigenvalue weighted by Crippen LogP contribution is -2.43. The minimum absolute atomic E-state index is 0.126. The number of hydrogen-bond donors (Lipinski definition) is 6. The van der Waals surface area contributed by atoms with Gasteiger partial charge in [0.15, 0.2) is 0 Å². The van der Waals surface area contributed by atoms with Crippen molar-refractivity contribution in [3.63, 3.8) is 0 Å². The van der Waals surface area contributed by atoms with Gasteiger partial charge in [0.05, 0.1) is 30.3 Å². The quantitative estimate of drug-likeness (QED) is 0.190. The van der Waals surface area contributed by atoms with Gasteiger partial charge in [0.2, 0.25) is 0 Å². The highest BCUT2D eigenvalue weighted by Crippen LogP contribution is 2.35. The number of nitrogens with zero attached hydrogens (tertiary/aromatic N) is 2. The number of ether oxygens (including phenoxy) is 1. The Balaban J connectivity index is 0.00000121. The van der Waals surface area contributed by atoms with Crippen molar-refractivity contribution in [1.82, 2.24) is 36.8 Å². The van der Waals surface area contributed by atoms with E-state index in [0.717, 1.165) is 44.3 Å². The zero-order chi connectivity index (χ0) is 34.8. The molecule has 47 heavy (non-hydrogen) atoms. The third-order valence-electron chi connectivity index (χ3n) is 7.21. The Morgan fingerprint density at radius 1 is 1.06 bits per heavy atom. The number of nitrogens with one attached hydrogen (secondary N) is 5. The van der Waals surface area contributed by atoms with Crippen LogP contribution in [0.5, 0.6) is 5.75 Å². The molecule has 0 spiro atoms. The number of hydrazine groups is 1. The average molecular weight is 671 g/mol. The molecule has 2 aliphatic heterocycles. The topological polar surface area (TPSA) is 138 Å². The first-order valence-electron chi connectivity index (χ1n) is 17.0. The Morgan fingerprint density at radius 3 is 2.38 bits per heavy atom. The first-order chi connectivity index (χ1) is 22.9. The molecule has 1 amide bonds. The number of thioether (sulfide) groups is 1. The normalized spacial score (nSPS) is 19.6. The van der Waals surface area contributed by atoms with Crippen LogP contribution in [-0.4, -0.2) is 59.5 Å². The van der Waals surface area contributed by atoms with Gasteiger partial charge in [-0.3, -0.25) is 14.8 Å². The molecule has 2 aromatic heterocycles. The van der Waals surface area contributed by atoms with Crippen molar-refractivity contribution in [1.29, 1.82) is 0 Å². The van der Waals surface area contributed by atoms with Gasteiger partial charge in [0, 0.05) is 47.6 Å². The summed E-state index contributed by atoms with van der Waals surface area (Å²) in [5.41, 5.74) is 15.0. The van der Waals surface area contributed by atoms with Crippen molar-refractivity contribution >= 4 is 23.2 Å². The zero-order valence-corrected chi connectivity index (χ0v) is 30.1. The number of methoxy groups -OCH3 is 1. The Labute approximate surface area is 285 Å². The molecular weight excluding hydrogens is 616 g/mol. The minimum atomic E-state index is -1.30. The third-order valence-corrected chi connectivity index (χ3v) is 8.23. The summed E-state index contributed by atoms with van der Waals surface area (Å²) in [4.78, 5) is 22.4. The van der Waals surface area contributed by atoms with Crippen LogP contribution in [0.3, 0.4) is 0 Å². The maximum atomic E-state index is 14.3. The summed E-state index contributed by atoms with van der Waals surface area (Å²) in [7, 11) is 1.52. The Hall–Kier alpha value is -3.21. The summed E-state index contributed by atoms with van der Waals surface area (Å²) >= 11 is 1.48. The Kier molecular flexibility index (Phi) is 18.4. The highest BCUT2D eigenvalue weighted by molar-refractivity contribution is 8.00. The molecule has 5 rings (SSSR count). The predicted molar refractivity (Wildman–Crippen MR) is 193 cm³/mol. The second-order valence-electron chi connectivity index (χ2n) is 10.3. The van der Waals surface area contributed by atoms with Crippen LogP contribution < -0.4 is 37.3 Å². The van der Waals surface area contributed by atoms with Crippen LogP contribution in [0.1, 0.15) is 102 Å². The highest BCUT2D eigenvalue weighted by Gasteiger charge is 2.28. The van der Waals surface area contributed by atoms with Crippen LogP contribution in [-0.2, 0) is 0 Å². The summed E-state index contributed by atoms with van der Waals surface area (Å²) in [5, 5.41) is 9.71. The molecule has 4 heterocycles. The Bertz CT molecular complexity index is 1340. The van der Waals surface area contributed by atoms with E-state index in [4.69, 9.17) is 10.5 Å². The van der Waals surface area contributed by atoms with E-state index in [1.165, 1.54) is 38.2 Å². The van der Waals surface area contributed by atoms with Crippen LogP contribution in [0.15, 0.2) is 30.7 Å². The van der Waals surface area contributed by atoms with Gasteiger partial charge in [0.25, 0.3) is 5.91 Å². The summed E-state index contributed by atoms with van der Waals surface area (Å²) in [6.45, 7) is 15.6. The molecule has 7 N–H and O–H groups in total. The molecule has 3 aliphatic rings. The van der Waals surface area contributed by atoms with Crippen LogP contribution in [0.25, 0.3) is 16.7 Å². The van der Waals surface area contributed by atoms with E-state index in [-0.39, 0.29) is 23.5 Å². The summed E-state index contributed by atoms with van der Waals surface area (Å²) in [6, 6.07) is 3.77. The van der Waals surface area contributed by atoms with Crippen molar-refractivity contribution in [2.75, 3.05) is 26.7 Å². The molecule has 2 aromatic rings. The summed E-state index contributed by atoms with van der Waals surface area (Å²) in [6.07, 6.45) is 7.95. The number of nitrogens with two attached hydrogens (primary N) is 1. The number of alkyl halides is 1. The maximum Gasteiger partial charge on any atom is 0.255 e. The fourth-order valence-corrected chi connectivity index (χ4v) is 5.50. The van der Waals surface area contributed by atoms with Crippen molar-refractivity contribution in [3.8, 4) is 28.7 Å². The first kappa shape index (κ1) is 40.0. The predicted octanol–water partition coefficient (Wildman–Crippen LogP) is 5.50. The summed E-state index contributed by atoms with van der Waals surface area (Å²) in [5.74, 6) is 7.01. The molecule has 260 valence electrons. The van der Waals surface area contributed by atoms with E-state index in [0.29, 0.717) is 40.1 Å². The molecular formula is C35H55FN8O2S. The van der Waals surface area contributed by atoms with E-state index in [1.54, 1.807) is 12.1 Å². The zero-order valence-electron chi connectivity index (χ0n) is 29.3. The smallest absolute Gasteiger partial charge is 0.255 e. The lowest BCUT2D eigenvalue weighted by molar-refractivity contribution is 0.0945. The van der Waals surface area contributed by atoms with Gasteiger partial charge in [-0.25, -0.2) is 15.2 Å². The van der Waals surface area contributed by atoms with E-state index < -0.39 is 11.7 Å². The molecule has 1 aliphatic carbocycles. The highest BCUT2D eigenvalue weighted by atomic mass is 32.2. The number of rotatable bonds is 9. The van der Waals surface area contributed by atoms with Crippen LogP contribution in [0.2, 0.25) is 0 Å². The summed E-state index contributed by atoms with van der Waals surface area (Å²) < 4.78 is 19.9. The lowest BCUT2D eigenvalue weighted by atomic mass is 9.97. The van der Waals surface area contributed by atoms with Gasteiger partial charge in [-0.15, -0.1) is 0 Å². The van der Waals surface area contributed by atoms with Gasteiger partial charge in [-0.2, -0.15) is 0 Å². The number of carbonyl (C=O) groups is 1. The van der Waals surface area contributed by atoms with Crippen LogP contribution >= 0.6 is 11.8 Å². The largest absolute Gasteiger partial charge is 0.494 e. The number of halogens is 1. The standard InChI is InChI=1S/C29H37FN8O2S.3C2H6/c1-17(30)24-12-22(26(40-2)16-35-24)21-11-25(19(13-31)14-33-20-7-9-32-10-8-20)34-15-23(21)28(39)36-29-38-37-27(41-29)6-5-18-3-4-18;3*1-2/h11-12,14-18,20,27,29,32-33,37-38H,3-4,7-10,13,31H2,1-2H3,(H,36,39);3*1-2H3/b19-14+;;;. The number of pyridine rings is 2. The SMILES string of the molecule is CC.CC.CC.COc1cnc(C(C)F)cc1-c1cc(/C(=C/NC2CCNCC2)CN)ncc1C(=O)NC1NNC(C#CC2CC2)S1. The van der Waals surface area contributed by atoms with E-state index in [1.807, 2.05) is 47.7 Å². The average Bonchev–Trinajstić information content (AvgIpc) is 3.86. The first-order valence-corrected chi connectivity index (χ1v) is 17.9. The van der Waals surface area contributed by atoms with Crippen LogP contribution in [0.4, 0.5) is 4.39 Å². The van der Waals surface area contributed by atoms with Crippen molar-refractivity contribution < 1.29 is 13.9 Å².